The fraction of sp³-hybridized carbons (Fsp3) is 0.0435. The molecule has 0 saturated heterocycles. The standard InChI is InChI=1S/C23H17Cl2FN4O4/c24-16-4-3-7-19(21(16)25)28-20(31)13-34-15-10-8-14(9-11-15)12-27-30-23(33)22(32)29-18-6-2-1-5-17(18)26/h1-12H,13H2,(H,28,31)(H,29,32)(H,30,33)/b27-12-. The van der Waals surface area contributed by atoms with Crippen LogP contribution in [0.15, 0.2) is 71.8 Å². The van der Waals surface area contributed by atoms with Crippen molar-refractivity contribution in [2.45, 2.75) is 0 Å². The SMILES string of the molecule is O=C(COc1ccc(/C=N\NC(=O)C(=O)Nc2ccccc2F)cc1)Nc1cccc(Cl)c1Cl. The fourth-order valence-corrected chi connectivity index (χ4v) is 2.89. The molecule has 3 N–H and O–H groups in total. The van der Waals surface area contributed by atoms with Crippen molar-refractivity contribution in [1.29, 1.82) is 0 Å². The highest BCUT2D eigenvalue weighted by atomic mass is 35.5. The third-order valence-electron chi connectivity index (χ3n) is 4.18. The van der Waals surface area contributed by atoms with Gasteiger partial charge in [-0.15, -0.1) is 0 Å². The van der Waals surface area contributed by atoms with Gasteiger partial charge in [0.25, 0.3) is 5.91 Å². The van der Waals surface area contributed by atoms with Gasteiger partial charge in [0.2, 0.25) is 0 Å². The predicted molar refractivity (Wildman–Crippen MR) is 128 cm³/mol. The first-order chi connectivity index (χ1) is 16.3. The van der Waals surface area contributed by atoms with Crippen LogP contribution in [-0.2, 0) is 14.4 Å². The molecule has 0 unspecified atom stereocenters. The summed E-state index contributed by atoms with van der Waals surface area (Å²) >= 11 is 11.9. The quantitative estimate of drug-likeness (QED) is 0.255. The van der Waals surface area contributed by atoms with E-state index in [1.165, 1.54) is 24.4 Å². The van der Waals surface area contributed by atoms with Gasteiger partial charge >= 0.3 is 11.8 Å². The van der Waals surface area contributed by atoms with Gasteiger partial charge in [-0.1, -0.05) is 41.4 Å². The third kappa shape index (κ3) is 7.03. The molecule has 0 aliphatic heterocycles. The number of rotatable bonds is 7. The summed E-state index contributed by atoms with van der Waals surface area (Å²) in [5.41, 5.74) is 2.88. The number of para-hydroxylation sites is 1. The maximum absolute atomic E-state index is 13.5. The Morgan fingerprint density at radius 2 is 1.59 bits per heavy atom. The molecule has 0 heterocycles. The van der Waals surface area contributed by atoms with Gasteiger partial charge in [-0.2, -0.15) is 5.10 Å². The number of nitrogens with zero attached hydrogens (tertiary/aromatic N) is 1. The average Bonchev–Trinajstić information content (AvgIpc) is 2.83. The van der Waals surface area contributed by atoms with Gasteiger partial charge in [0, 0.05) is 0 Å². The zero-order valence-corrected chi connectivity index (χ0v) is 18.9. The summed E-state index contributed by atoms with van der Waals surface area (Å²) in [6, 6.07) is 16.7. The lowest BCUT2D eigenvalue weighted by Gasteiger charge is -2.09. The Morgan fingerprint density at radius 3 is 2.32 bits per heavy atom. The molecular weight excluding hydrogens is 486 g/mol. The van der Waals surface area contributed by atoms with Crippen molar-refractivity contribution in [3.8, 4) is 5.75 Å². The lowest BCUT2D eigenvalue weighted by Crippen LogP contribution is -2.32. The Hall–Kier alpha value is -3.95. The van der Waals surface area contributed by atoms with E-state index in [0.717, 1.165) is 6.07 Å². The highest BCUT2D eigenvalue weighted by Gasteiger charge is 2.14. The van der Waals surface area contributed by atoms with Crippen LogP contribution < -0.4 is 20.8 Å². The first-order valence-corrected chi connectivity index (χ1v) is 10.4. The smallest absolute Gasteiger partial charge is 0.329 e. The Kier molecular flexibility index (Phi) is 8.55. The summed E-state index contributed by atoms with van der Waals surface area (Å²) in [6.45, 7) is -0.260. The molecule has 0 radical (unpaired) electrons. The Labute approximate surface area is 203 Å². The highest BCUT2D eigenvalue weighted by Crippen LogP contribution is 2.29. The molecule has 8 nitrogen and oxygen atoms in total. The monoisotopic (exact) mass is 502 g/mol. The second-order valence-electron chi connectivity index (χ2n) is 6.64. The van der Waals surface area contributed by atoms with E-state index in [4.69, 9.17) is 27.9 Å². The molecule has 3 rings (SSSR count). The van der Waals surface area contributed by atoms with E-state index < -0.39 is 23.5 Å². The van der Waals surface area contributed by atoms with Crippen LogP contribution >= 0.6 is 23.2 Å². The summed E-state index contributed by atoms with van der Waals surface area (Å²) in [5.74, 6) is -2.81. The molecule has 0 bridgehead atoms. The van der Waals surface area contributed by atoms with Crippen LogP contribution in [0, 0.1) is 5.82 Å². The molecule has 3 aromatic carbocycles. The van der Waals surface area contributed by atoms with Gasteiger partial charge in [-0.05, 0) is 54.1 Å². The molecule has 34 heavy (non-hydrogen) atoms. The summed E-state index contributed by atoms with van der Waals surface area (Å²) in [5, 5.41) is 8.99. The normalized spacial score (nSPS) is 10.6. The lowest BCUT2D eigenvalue weighted by atomic mass is 10.2. The van der Waals surface area contributed by atoms with E-state index in [2.05, 4.69) is 15.7 Å². The van der Waals surface area contributed by atoms with E-state index in [1.54, 1.807) is 42.5 Å². The van der Waals surface area contributed by atoms with E-state index in [1.807, 2.05) is 5.43 Å². The largest absolute Gasteiger partial charge is 0.484 e. The molecule has 0 aromatic heterocycles. The minimum Gasteiger partial charge on any atom is -0.484 e. The van der Waals surface area contributed by atoms with Crippen LogP contribution in [0.2, 0.25) is 10.0 Å². The first-order valence-electron chi connectivity index (χ1n) is 9.69. The van der Waals surface area contributed by atoms with Gasteiger partial charge in [0.05, 0.1) is 27.6 Å². The molecule has 11 heteroatoms. The minimum atomic E-state index is -1.07. The van der Waals surface area contributed by atoms with Gasteiger partial charge in [-0.25, -0.2) is 9.82 Å². The van der Waals surface area contributed by atoms with Gasteiger partial charge in [0.15, 0.2) is 6.61 Å². The number of anilines is 2. The number of ether oxygens (including phenoxy) is 1. The number of benzene rings is 3. The number of carbonyl (C=O) groups is 3. The molecule has 0 spiro atoms. The van der Waals surface area contributed by atoms with E-state index >= 15 is 0 Å². The van der Waals surface area contributed by atoms with Crippen LogP contribution in [0.1, 0.15) is 5.56 Å². The first kappa shape index (κ1) is 24.7. The van der Waals surface area contributed by atoms with Crippen molar-refractivity contribution in [2.75, 3.05) is 17.2 Å². The van der Waals surface area contributed by atoms with Crippen LogP contribution in [-0.4, -0.2) is 30.5 Å². The summed E-state index contributed by atoms with van der Waals surface area (Å²) in [6.07, 6.45) is 1.30. The van der Waals surface area contributed by atoms with Crippen molar-refractivity contribution < 1.29 is 23.5 Å². The van der Waals surface area contributed by atoms with Crippen LogP contribution in [0.25, 0.3) is 0 Å². The number of carbonyl (C=O) groups excluding carboxylic acids is 3. The maximum Gasteiger partial charge on any atom is 0.329 e. The van der Waals surface area contributed by atoms with E-state index in [9.17, 15) is 18.8 Å². The second-order valence-corrected chi connectivity index (χ2v) is 7.43. The summed E-state index contributed by atoms with van der Waals surface area (Å²) in [4.78, 5) is 35.7. The topological polar surface area (TPSA) is 109 Å². The Balaban J connectivity index is 1.45. The molecule has 174 valence electrons. The van der Waals surface area contributed by atoms with Gasteiger partial charge in [-0.3, -0.25) is 14.4 Å². The predicted octanol–water partition coefficient (Wildman–Crippen LogP) is 4.24. The molecule has 0 aliphatic carbocycles. The number of hydrogen-bond donors (Lipinski definition) is 3. The number of halogens is 3. The van der Waals surface area contributed by atoms with Crippen molar-refractivity contribution in [2.24, 2.45) is 5.10 Å². The van der Waals surface area contributed by atoms with Crippen LogP contribution in [0.5, 0.6) is 5.75 Å². The van der Waals surface area contributed by atoms with Crippen LogP contribution in [0.3, 0.4) is 0 Å². The molecular formula is C23H17Cl2FN4O4. The van der Waals surface area contributed by atoms with E-state index in [-0.39, 0.29) is 17.3 Å². The molecule has 0 saturated carbocycles. The molecule has 3 aromatic rings. The molecule has 0 atom stereocenters. The van der Waals surface area contributed by atoms with E-state index in [0.29, 0.717) is 22.0 Å². The number of hydrazone groups is 1. The zero-order valence-electron chi connectivity index (χ0n) is 17.3. The highest BCUT2D eigenvalue weighted by molar-refractivity contribution is 6.44. The lowest BCUT2D eigenvalue weighted by molar-refractivity contribution is -0.136. The molecule has 3 amide bonds. The van der Waals surface area contributed by atoms with Gasteiger partial charge < -0.3 is 15.4 Å². The van der Waals surface area contributed by atoms with Crippen molar-refractivity contribution in [1.82, 2.24) is 5.43 Å². The third-order valence-corrected chi connectivity index (χ3v) is 5.00. The molecule has 0 aliphatic rings. The number of hydrogen-bond acceptors (Lipinski definition) is 5. The summed E-state index contributed by atoms with van der Waals surface area (Å²) in [7, 11) is 0. The van der Waals surface area contributed by atoms with Gasteiger partial charge in [0.1, 0.15) is 11.6 Å². The van der Waals surface area contributed by atoms with Crippen molar-refractivity contribution >= 4 is 58.5 Å². The number of amides is 3. The Bertz CT molecular complexity index is 1240. The fourth-order valence-electron chi connectivity index (χ4n) is 2.54. The minimum absolute atomic E-state index is 0.119. The van der Waals surface area contributed by atoms with Crippen molar-refractivity contribution in [3.63, 3.8) is 0 Å². The maximum atomic E-state index is 13.5. The number of nitrogens with one attached hydrogen (secondary N) is 3. The summed E-state index contributed by atoms with van der Waals surface area (Å²) < 4.78 is 18.9. The molecule has 0 fully saturated rings. The second kappa shape index (κ2) is 11.8. The Morgan fingerprint density at radius 1 is 0.882 bits per heavy atom. The van der Waals surface area contributed by atoms with Crippen LogP contribution in [0.4, 0.5) is 15.8 Å². The zero-order chi connectivity index (χ0) is 24.5. The average molecular weight is 503 g/mol. The van der Waals surface area contributed by atoms with Crippen molar-refractivity contribution in [3.05, 3.63) is 88.2 Å².